The Morgan fingerprint density at radius 1 is 1.35 bits per heavy atom. The average molecular weight is 241 g/mol. The highest BCUT2D eigenvalue weighted by atomic mass is 16.2. The molecule has 0 aromatic rings. The van der Waals surface area contributed by atoms with Gasteiger partial charge in [0.25, 0.3) is 0 Å². The first-order valence-electron chi connectivity index (χ1n) is 6.20. The zero-order valence-electron chi connectivity index (χ0n) is 10.7. The van der Waals surface area contributed by atoms with Gasteiger partial charge in [0.15, 0.2) is 0 Å². The van der Waals surface area contributed by atoms with Crippen LogP contribution in [0.15, 0.2) is 0 Å². The number of carbonyl (C=O) groups excluding carboxylic acids is 2. The van der Waals surface area contributed by atoms with Gasteiger partial charge in [-0.05, 0) is 18.3 Å². The number of nitrogens with zero attached hydrogens (tertiary/aromatic N) is 1. The molecule has 0 spiro atoms. The van der Waals surface area contributed by atoms with E-state index >= 15 is 0 Å². The van der Waals surface area contributed by atoms with Crippen molar-refractivity contribution >= 4 is 11.8 Å². The van der Waals surface area contributed by atoms with E-state index < -0.39 is 11.9 Å². The molecule has 98 valence electrons. The predicted octanol–water partition coefficient (Wildman–Crippen LogP) is 0.228. The summed E-state index contributed by atoms with van der Waals surface area (Å²) in [4.78, 5) is 24.4. The maximum absolute atomic E-state index is 11.9. The van der Waals surface area contributed by atoms with E-state index in [1.807, 2.05) is 0 Å². The smallest absolute Gasteiger partial charge is 0.240 e. The third-order valence-corrected chi connectivity index (χ3v) is 3.87. The summed E-state index contributed by atoms with van der Waals surface area (Å²) in [6, 6.07) is -0.779. The lowest BCUT2D eigenvalue weighted by molar-refractivity contribution is -0.136. The summed E-state index contributed by atoms with van der Waals surface area (Å²) in [5, 5.41) is 0. The van der Waals surface area contributed by atoms with Gasteiger partial charge in [-0.2, -0.15) is 0 Å². The molecule has 0 radical (unpaired) electrons. The van der Waals surface area contributed by atoms with Crippen molar-refractivity contribution in [3.63, 3.8) is 0 Å². The number of carbonyl (C=O) groups is 2. The molecule has 1 aliphatic heterocycles. The van der Waals surface area contributed by atoms with Gasteiger partial charge in [-0.1, -0.05) is 20.3 Å². The van der Waals surface area contributed by atoms with Crippen molar-refractivity contribution in [2.24, 2.45) is 16.9 Å². The predicted molar refractivity (Wildman–Crippen MR) is 66.0 cm³/mol. The van der Waals surface area contributed by atoms with Gasteiger partial charge in [0.2, 0.25) is 11.8 Å². The topological polar surface area (TPSA) is 89.4 Å². The monoisotopic (exact) mass is 241 g/mol. The van der Waals surface area contributed by atoms with Crippen LogP contribution < -0.4 is 11.5 Å². The summed E-state index contributed by atoms with van der Waals surface area (Å²) in [6.45, 7) is 5.89. The molecule has 1 rings (SSSR count). The Balaban J connectivity index is 2.48. The van der Waals surface area contributed by atoms with Crippen molar-refractivity contribution in [1.29, 1.82) is 0 Å². The summed E-state index contributed by atoms with van der Waals surface area (Å²) >= 11 is 0. The van der Waals surface area contributed by atoms with Crippen LogP contribution in [0, 0.1) is 5.41 Å². The van der Waals surface area contributed by atoms with Gasteiger partial charge in [-0.15, -0.1) is 0 Å². The maximum atomic E-state index is 11.9. The van der Waals surface area contributed by atoms with Gasteiger partial charge in [-0.25, -0.2) is 0 Å². The van der Waals surface area contributed by atoms with E-state index in [0.717, 1.165) is 32.4 Å². The second-order valence-corrected chi connectivity index (χ2v) is 5.27. The quantitative estimate of drug-likeness (QED) is 0.738. The van der Waals surface area contributed by atoms with Gasteiger partial charge < -0.3 is 16.4 Å². The number of hydrogen-bond acceptors (Lipinski definition) is 3. The maximum Gasteiger partial charge on any atom is 0.240 e. The Hall–Kier alpha value is -1.10. The molecule has 5 nitrogen and oxygen atoms in total. The molecule has 0 saturated carbocycles. The normalized spacial score (nSPS) is 21.0. The van der Waals surface area contributed by atoms with Crippen LogP contribution in [0.1, 0.15) is 39.5 Å². The number of primary amides is 1. The minimum absolute atomic E-state index is 0.0691. The van der Waals surface area contributed by atoms with Gasteiger partial charge in [0, 0.05) is 13.1 Å². The Morgan fingerprint density at radius 2 is 1.88 bits per heavy atom. The van der Waals surface area contributed by atoms with Gasteiger partial charge in [-0.3, -0.25) is 9.59 Å². The minimum atomic E-state index is -0.779. The zero-order valence-corrected chi connectivity index (χ0v) is 10.7. The fourth-order valence-corrected chi connectivity index (χ4v) is 2.16. The lowest BCUT2D eigenvalue weighted by atomic mass is 9.78. The van der Waals surface area contributed by atoms with Crippen LogP contribution in [-0.2, 0) is 9.59 Å². The van der Waals surface area contributed by atoms with Crippen molar-refractivity contribution in [3.8, 4) is 0 Å². The Bertz CT molecular complexity index is 296. The molecule has 4 N–H and O–H groups in total. The molecule has 17 heavy (non-hydrogen) atoms. The minimum Gasteiger partial charge on any atom is -0.370 e. The van der Waals surface area contributed by atoms with E-state index in [4.69, 9.17) is 11.5 Å². The second-order valence-electron chi connectivity index (χ2n) is 5.27. The number of piperidine rings is 1. The summed E-state index contributed by atoms with van der Waals surface area (Å²) < 4.78 is 0. The fourth-order valence-electron chi connectivity index (χ4n) is 2.16. The Kier molecular flexibility index (Phi) is 4.51. The van der Waals surface area contributed by atoms with E-state index in [0.29, 0.717) is 5.41 Å². The summed E-state index contributed by atoms with van der Waals surface area (Å²) in [5.41, 5.74) is 11.0. The van der Waals surface area contributed by atoms with E-state index in [1.165, 1.54) is 0 Å². The number of likely N-dealkylation sites (tertiary alicyclic amines) is 1. The largest absolute Gasteiger partial charge is 0.370 e. The number of nitrogens with two attached hydrogens (primary N) is 2. The van der Waals surface area contributed by atoms with Crippen molar-refractivity contribution in [3.05, 3.63) is 0 Å². The van der Waals surface area contributed by atoms with Crippen molar-refractivity contribution in [2.75, 3.05) is 13.1 Å². The van der Waals surface area contributed by atoms with Crippen LogP contribution in [-0.4, -0.2) is 35.8 Å². The van der Waals surface area contributed by atoms with Crippen LogP contribution in [0.25, 0.3) is 0 Å². The fraction of sp³-hybridized carbons (Fsp3) is 0.833. The molecule has 1 fully saturated rings. The summed E-state index contributed by atoms with van der Waals surface area (Å²) in [6.07, 6.45) is 3.06. The number of hydrogen-bond donors (Lipinski definition) is 2. The molecule has 0 bridgehead atoms. The Morgan fingerprint density at radius 3 is 2.29 bits per heavy atom. The molecule has 2 amide bonds. The van der Waals surface area contributed by atoms with E-state index in [1.54, 1.807) is 4.90 Å². The average Bonchev–Trinajstić information content (AvgIpc) is 2.28. The van der Waals surface area contributed by atoms with E-state index in [2.05, 4.69) is 13.8 Å². The molecule has 1 aliphatic rings. The highest BCUT2D eigenvalue weighted by Gasteiger charge is 2.32. The molecule has 0 aliphatic carbocycles. The van der Waals surface area contributed by atoms with Crippen LogP contribution in [0.2, 0.25) is 0 Å². The van der Waals surface area contributed by atoms with Crippen LogP contribution in [0.4, 0.5) is 0 Å². The number of amides is 2. The molecule has 1 saturated heterocycles. The van der Waals surface area contributed by atoms with Crippen molar-refractivity contribution < 1.29 is 9.59 Å². The zero-order chi connectivity index (χ0) is 13.1. The molecule has 5 heteroatoms. The first-order chi connectivity index (χ1) is 7.88. The van der Waals surface area contributed by atoms with Gasteiger partial charge in [0.05, 0.1) is 12.5 Å². The third kappa shape index (κ3) is 3.70. The third-order valence-electron chi connectivity index (χ3n) is 3.87. The van der Waals surface area contributed by atoms with Gasteiger partial charge >= 0.3 is 0 Å². The summed E-state index contributed by atoms with van der Waals surface area (Å²) in [7, 11) is 0. The molecule has 1 atom stereocenters. The molecule has 1 heterocycles. The van der Waals surface area contributed by atoms with Crippen molar-refractivity contribution in [2.45, 2.75) is 45.6 Å². The van der Waals surface area contributed by atoms with E-state index in [9.17, 15) is 9.59 Å². The first kappa shape index (κ1) is 14.0. The highest BCUT2D eigenvalue weighted by Crippen LogP contribution is 2.33. The summed E-state index contributed by atoms with van der Waals surface area (Å²) in [5.74, 6) is -0.678. The van der Waals surface area contributed by atoms with Crippen molar-refractivity contribution in [1.82, 2.24) is 4.90 Å². The van der Waals surface area contributed by atoms with Gasteiger partial charge in [0.1, 0.15) is 0 Å². The standard InChI is InChI=1S/C12H23N3O2/c1-3-12(2)4-6-15(7-5-12)11(17)9(13)8-10(14)16/h9H,3-8,13H2,1-2H3,(H2,14,16). The van der Waals surface area contributed by atoms with Crippen LogP contribution >= 0.6 is 0 Å². The highest BCUT2D eigenvalue weighted by molar-refractivity contribution is 5.87. The molecular weight excluding hydrogens is 218 g/mol. The van der Waals surface area contributed by atoms with E-state index in [-0.39, 0.29) is 12.3 Å². The second kappa shape index (κ2) is 5.49. The lowest BCUT2D eigenvalue weighted by Gasteiger charge is -2.39. The lowest BCUT2D eigenvalue weighted by Crippen LogP contribution is -2.49. The van der Waals surface area contributed by atoms with Crippen LogP contribution in [0.3, 0.4) is 0 Å². The first-order valence-corrected chi connectivity index (χ1v) is 6.20. The Labute approximate surface area is 103 Å². The molecule has 0 aromatic heterocycles. The molecule has 0 aromatic carbocycles. The SMILES string of the molecule is CCC1(C)CCN(C(=O)C(N)CC(N)=O)CC1. The molecule has 1 unspecified atom stereocenters. The number of rotatable bonds is 4. The molecular formula is C12H23N3O2. The van der Waals surface area contributed by atoms with Crippen LogP contribution in [0.5, 0.6) is 0 Å².